The zero-order valence-corrected chi connectivity index (χ0v) is 17.8. The quantitative estimate of drug-likeness (QED) is 0.480. The fourth-order valence-corrected chi connectivity index (χ4v) is 3.75. The van der Waals surface area contributed by atoms with Gasteiger partial charge in [-0.05, 0) is 38.1 Å². The van der Waals surface area contributed by atoms with Gasteiger partial charge in [-0.2, -0.15) is 0 Å². The highest BCUT2D eigenvalue weighted by molar-refractivity contribution is 5.79. The Bertz CT molecular complexity index is 1480. The summed E-state index contributed by atoms with van der Waals surface area (Å²) in [5.41, 5.74) is -0.228. The molecule has 0 unspecified atom stereocenters. The summed E-state index contributed by atoms with van der Waals surface area (Å²) in [7, 11) is 0. The smallest absolute Gasteiger partial charge is 0.328 e. The maximum atomic E-state index is 13.0. The first-order valence-corrected chi connectivity index (χ1v) is 10.3. The number of aromatic nitrogens is 4. The van der Waals surface area contributed by atoms with E-state index >= 15 is 0 Å². The van der Waals surface area contributed by atoms with Crippen LogP contribution in [0.25, 0.3) is 21.8 Å². The molecule has 4 aromatic rings. The van der Waals surface area contributed by atoms with Gasteiger partial charge in [-0.25, -0.2) is 9.78 Å². The first kappa shape index (κ1) is 21.2. The summed E-state index contributed by atoms with van der Waals surface area (Å²) in [4.78, 5) is 60.9. The predicted molar refractivity (Wildman–Crippen MR) is 121 cm³/mol. The minimum atomic E-state index is -0.557. The Hall–Kier alpha value is -4.01. The number of aromatic amines is 2. The zero-order chi connectivity index (χ0) is 22.8. The topological polar surface area (TPSA) is 121 Å². The summed E-state index contributed by atoms with van der Waals surface area (Å²) in [6.45, 7) is 3.99. The second-order valence-corrected chi connectivity index (χ2v) is 7.82. The summed E-state index contributed by atoms with van der Waals surface area (Å²) in [6, 6.07) is 13.6. The average Bonchev–Trinajstić information content (AvgIpc) is 2.77. The van der Waals surface area contributed by atoms with Gasteiger partial charge in [0.25, 0.3) is 11.1 Å². The van der Waals surface area contributed by atoms with Crippen molar-refractivity contribution in [2.24, 2.45) is 0 Å². The van der Waals surface area contributed by atoms with E-state index in [1.165, 1.54) is 4.57 Å². The minimum Gasteiger partial charge on any atom is -0.333 e. The number of carbonyl (C=O) groups is 1. The van der Waals surface area contributed by atoms with E-state index in [9.17, 15) is 19.2 Å². The number of hydrogen-bond donors (Lipinski definition) is 2. The highest BCUT2D eigenvalue weighted by atomic mass is 16.2. The Morgan fingerprint density at radius 1 is 0.969 bits per heavy atom. The lowest BCUT2D eigenvalue weighted by Crippen LogP contribution is -2.39. The van der Waals surface area contributed by atoms with Gasteiger partial charge in [0.1, 0.15) is 5.82 Å². The number of aryl methyl sites for hydroxylation is 1. The molecule has 4 rings (SSSR count). The molecule has 9 nitrogen and oxygen atoms in total. The summed E-state index contributed by atoms with van der Waals surface area (Å²) < 4.78 is 1.39. The molecule has 0 atom stereocenters. The molecule has 2 aromatic heterocycles. The van der Waals surface area contributed by atoms with Crippen molar-refractivity contribution in [1.82, 2.24) is 24.4 Å². The van der Waals surface area contributed by atoms with Crippen LogP contribution in [0.5, 0.6) is 0 Å². The van der Waals surface area contributed by atoms with Crippen molar-refractivity contribution in [3.63, 3.8) is 0 Å². The lowest BCUT2D eigenvalue weighted by molar-refractivity contribution is -0.133. The molecule has 9 heteroatoms. The van der Waals surface area contributed by atoms with Gasteiger partial charge in [-0.1, -0.05) is 24.3 Å². The second-order valence-electron chi connectivity index (χ2n) is 7.82. The van der Waals surface area contributed by atoms with E-state index in [-0.39, 0.29) is 37.0 Å². The van der Waals surface area contributed by atoms with Gasteiger partial charge in [-0.15, -0.1) is 0 Å². The third kappa shape index (κ3) is 4.09. The van der Waals surface area contributed by atoms with E-state index < -0.39 is 11.2 Å². The third-order valence-electron chi connectivity index (χ3n) is 5.38. The molecule has 164 valence electrons. The molecule has 32 heavy (non-hydrogen) atoms. The standard InChI is InChI=1S/C23H23N5O4/c1-14(2)28(13-19-24-17-9-5-3-7-15(17)21(30)25-19)20(29)11-12-27-18-10-6-4-8-16(18)22(31)26-23(27)32/h3-10,14H,11-13H2,1-2H3,(H,24,25,30)(H,26,31,32). The minimum absolute atomic E-state index is 0.0476. The largest absolute Gasteiger partial charge is 0.333 e. The third-order valence-corrected chi connectivity index (χ3v) is 5.38. The summed E-state index contributed by atoms with van der Waals surface area (Å²) in [5, 5.41) is 0.876. The van der Waals surface area contributed by atoms with Crippen LogP contribution in [0.2, 0.25) is 0 Å². The molecule has 0 spiro atoms. The van der Waals surface area contributed by atoms with Gasteiger partial charge in [0, 0.05) is 19.0 Å². The van der Waals surface area contributed by atoms with Crippen molar-refractivity contribution in [3.05, 3.63) is 85.5 Å². The Kier molecular flexibility index (Phi) is 5.72. The van der Waals surface area contributed by atoms with Gasteiger partial charge in [-0.3, -0.25) is 23.9 Å². The van der Waals surface area contributed by atoms with Crippen LogP contribution in [0.4, 0.5) is 0 Å². The van der Waals surface area contributed by atoms with Crippen LogP contribution in [-0.4, -0.2) is 36.4 Å². The number of hydrogen-bond acceptors (Lipinski definition) is 5. The number of carbonyl (C=O) groups excluding carboxylic acids is 1. The lowest BCUT2D eigenvalue weighted by atomic mass is 10.2. The molecular weight excluding hydrogens is 410 g/mol. The molecule has 2 aromatic carbocycles. The first-order valence-electron chi connectivity index (χ1n) is 10.3. The highest BCUT2D eigenvalue weighted by Crippen LogP contribution is 2.12. The monoisotopic (exact) mass is 433 g/mol. The molecule has 0 radical (unpaired) electrons. The normalized spacial score (nSPS) is 11.3. The van der Waals surface area contributed by atoms with Crippen LogP contribution in [0.15, 0.2) is 62.9 Å². The fraction of sp³-hybridized carbons (Fsp3) is 0.261. The van der Waals surface area contributed by atoms with Crippen molar-refractivity contribution in [3.8, 4) is 0 Å². The van der Waals surface area contributed by atoms with Crippen LogP contribution < -0.4 is 16.8 Å². The van der Waals surface area contributed by atoms with Gasteiger partial charge in [0.05, 0.1) is 28.4 Å². The molecule has 0 aliphatic heterocycles. The summed E-state index contributed by atoms with van der Waals surface area (Å²) in [5.74, 6) is 0.195. The highest BCUT2D eigenvalue weighted by Gasteiger charge is 2.19. The van der Waals surface area contributed by atoms with Crippen LogP contribution in [-0.2, 0) is 17.9 Å². The molecule has 2 N–H and O–H groups in total. The molecule has 1 amide bonds. The van der Waals surface area contributed by atoms with Crippen molar-refractivity contribution in [2.45, 2.75) is 39.4 Å². The number of amides is 1. The van der Waals surface area contributed by atoms with E-state index in [0.29, 0.717) is 27.6 Å². The summed E-state index contributed by atoms with van der Waals surface area (Å²) >= 11 is 0. The van der Waals surface area contributed by atoms with E-state index in [1.807, 2.05) is 13.8 Å². The molecule has 0 saturated carbocycles. The van der Waals surface area contributed by atoms with Crippen LogP contribution in [0.1, 0.15) is 26.1 Å². The molecule has 0 saturated heterocycles. The Morgan fingerprint density at radius 2 is 1.62 bits per heavy atom. The van der Waals surface area contributed by atoms with Crippen LogP contribution in [0.3, 0.4) is 0 Å². The maximum Gasteiger partial charge on any atom is 0.328 e. The molecule has 2 heterocycles. The average molecular weight is 433 g/mol. The molecule has 0 bridgehead atoms. The lowest BCUT2D eigenvalue weighted by Gasteiger charge is -2.26. The Labute approximate surface area is 182 Å². The van der Waals surface area contributed by atoms with Crippen molar-refractivity contribution >= 4 is 27.7 Å². The SMILES string of the molecule is CC(C)N(Cc1nc2ccccc2c(=O)[nH]1)C(=O)CCn1c(=O)[nH]c(=O)c2ccccc21. The van der Waals surface area contributed by atoms with E-state index in [1.54, 1.807) is 53.4 Å². The summed E-state index contributed by atoms with van der Waals surface area (Å²) in [6.07, 6.45) is 0.0476. The first-order chi connectivity index (χ1) is 15.3. The zero-order valence-electron chi connectivity index (χ0n) is 17.8. The number of nitrogens with one attached hydrogen (secondary N) is 2. The maximum absolute atomic E-state index is 13.0. The van der Waals surface area contributed by atoms with Crippen molar-refractivity contribution in [2.75, 3.05) is 0 Å². The predicted octanol–water partition coefficient (Wildman–Crippen LogP) is 1.75. The number of para-hydroxylation sites is 2. The fourth-order valence-electron chi connectivity index (χ4n) is 3.75. The van der Waals surface area contributed by atoms with Gasteiger partial charge in [0.15, 0.2) is 0 Å². The molecule has 0 aliphatic carbocycles. The van der Waals surface area contributed by atoms with E-state index in [4.69, 9.17) is 0 Å². The van der Waals surface area contributed by atoms with Crippen LogP contribution >= 0.6 is 0 Å². The Morgan fingerprint density at radius 3 is 2.38 bits per heavy atom. The molecule has 0 fully saturated rings. The van der Waals surface area contributed by atoms with Gasteiger partial charge >= 0.3 is 5.69 Å². The van der Waals surface area contributed by atoms with Gasteiger partial charge < -0.3 is 9.88 Å². The molecular formula is C23H23N5O4. The molecule has 0 aliphatic rings. The van der Waals surface area contributed by atoms with Gasteiger partial charge in [0.2, 0.25) is 5.91 Å². The van der Waals surface area contributed by atoms with E-state index in [2.05, 4.69) is 15.0 Å². The van der Waals surface area contributed by atoms with E-state index in [0.717, 1.165) is 0 Å². The van der Waals surface area contributed by atoms with Crippen molar-refractivity contribution < 1.29 is 4.79 Å². The number of benzene rings is 2. The number of nitrogens with zero attached hydrogens (tertiary/aromatic N) is 3. The number of rotatable bonds is 6. The van der Waals surface area contributed by atoms with Crippen LogP contribution in [0, 0.1) is 0 Å². The number of H-pyrrole nitrogens is 2. The second kappa shape index (κ2) is 8.62. The Balaban J connectivity index is 1.58. The number of fused-ring (bicyclic) bond motifs is 2. The van der Waals surface area contributed by atoms with Crippen molar-refractivity contribution in [1.29, 1.82) is 0 Å².